The predicted octanol–water partition coefficient (Wildman–Crippen LogP) is 8.50. The van der Waals surface area contributed by atoms with Crippen LogP contribution in [-0.2, 0) is 26.8 Å². The van der Waals surface area contributed by atoms with Crippen LogP contribution < -0.4 is 11.2 Å². The van der Waals surface area contributed by atoms with E-state index in [4.69, 9.17) is 35.1 Å². The Morgan fingerprint density at radius 3 is 2.10 bits per heavy atom. The number of benzene rings is 1. The maximum absolute atomic E-state index is 12.5. The van der Waals surface area contributed by atoms with Crippen LogP contribution in [0.3, 0.4) is 0 Å². The van der Waals surface area contributed by atoms with Crippen LogP contribution in [-0.4, -0.2) is 53.6 Å². The monoisotopic (exact) mass is 732 g/mol. The summed E-state index contributed by atoms with van der Waals surface area (Å²) < 4.78 is 31.1. The highest BCUT2D eigenvalue weighted by Crippen LogP contribution is 2.33. The molecular formula is C38H62FN6O5P. The summed E-state index contributed by atoms with van der Waals surface area (Å²) in [4.78, 5) is 14.3. The number of amidine groups is 1. The van der Waals surface area contributed by atoms with Crippen molar-refractivity contribution < 1.29 is 28.2 Å². The van der Waals surface area contributed by atoms with Gasteiger partial charge in [0.15, 0.2) is 0 Å². The molecule has 5 N–H and O–H groups in total. The lowest BCUT2D eigenvalue weighted by Gasteiger charge is -2.20. The average Bonchev–Trinajstić information content (AvgIpc) is 3.58. The van der Waals surface area contributed by atoms with E-state index in [0.29, 0.717) is 31.3 Å². The Balaban J connectivity index is 0.000000840. The van der Waals surface area contributed by atoms with E-state index in [1.807, 2.05) is 16.8 Å². The zero-order valence-electron chi connectivity index (χ0n) is 30.9. The number of nitrogens with two attached hydrogens (primary N) is 1. The molecular weight excluding hydrogens is 670 g/mol. The summed E-state index contributed by atoms with van der Waals surface area (Å²) in [5.41, 5.74) is 11.8. The van der Waals surface area contributed by atoms with Crippen LogP contribution in [0.1, 0.15) is 139 Å². The molecule has 286 valence electrons. The number of nitrogens with one attached hydrogen (secondary N) is 1. The molecule has 0 bridgehead atoms. The van der Waals surface area contributed by atoms with Crippen molar-refractivity contribution in [3.05, 3.63) is 58.7 Å². The van der Waals surface area contributed by atoms with E-state index in [9.17, 15) is 9.28 Å². The average molecular weight is 733 g/mol. The van der Waals surface area contributed by atoms with Gasteiger partial charge in [-0.05, 0) is 55.2 Å². The Labute approximate surface area is 307 Å². The molecule has 13 heteroatoms. The van der Waals surface area contributed by atoms with Crippen LogP contribution >= 0.6 is 8.60 Å². The molecule has 0 aliphatic carbocycles. The van der Waals surface area contributed by atoms with Crippen molar-refractivity contribution in [3.63, 3.8) is 0 Å². The second-order valence-corrected chi connectivity index (χ2v) is 13.6. The summed E-state index contributed by atoms with van der Waals surface area (Å²) in [6.45, 7) is 6.86. The van der Waals surface area contributed by atoms with Gasteiger partial charge in [0.1, 0.15) is 24.0 Å². The van der Waals surface area contributed by atoms with Crippen LogP contribution in [0.5, 0.6) is 0 Å². The number of methoxy groups -OCH3 is 1. The van der Waals surface area contributed by atoms with Gasteiger partial charge in [0.25, 0.3) is 0 Å². The number of hydrogen-bond donors (Lipinski definition) is 4. The third kappa shape index (κ3) is 21.1. The van der Waals surface area contributed by atoms with Crippen molar-refractivity contribution in [1.82, 2.24) is 4.68 Å². The fourth-order valence-electron chi connectivity index (χ4n) is 5.69. The van der Waals surface area contributed by atoms with E-state index >= 15 is 0 Å². The third-order valence-electron chi connectivity index (χ3n) is 8.60. The fourth-order valence-corrected chi connectivity index (χ4v) is 6.35. The number of aliphatic hydroxyl groups is 1. The van der Waals surface area contributed by atoms with Crippen molar-refractivity contribution >= 4 is 14.4 Å². The molecule has 3 rings (SSSR count). The zero-order chi connectivity index (χ0) is 37.5. The fraction of sp³-hybridized carbons (Fsp3) is 0.658. The Kier molecular flexibility index (Phi) is 27.5. The molecule has 0 fully saturated rings. The number of unbranched alkanes of at least 4 members (excludes halogenated alkanes) is 15. The second-order valence-electron chi connectivity index (χ2n) is 12.6. The van der Waals surface area contributed by atoms with Gasteiger partial charge in [-0.25, -0.2) is 14.6 Å². The van der Waals surface area contributed by atoms with Crippen LogP contribution in [0.4, 0.5) is 4.39 Å². The topological polar surface area (TPSA) is 171 Å². The highest BCUT2D eigenvalue weighted by atomic mass is 31.2. The van der Waals surface area contributed by atoms with Crippen molar-refractivity contribution in [2.24, 2.45) is 10.7 Å². The minimum absolute atomic E-state index is 0.118. The SMILES string of the molecule is C#N.CCCCCCCCCCCCCCCCCCOP(O)OCC(CCc1ccc2n1NCN=C2N)OC.N#Cc1cc(F)cc(CO)c1. The first-order chi connectivity index (χ1) is 24.9. The summed E-state index contributed by atoms with van der Waals surface area (Å²) in [5, 5.41) is 23.5. The first-order valence-corrected chi connectivity index (χ1v) is 19.6. The number of aryl methyl sites for hydroxylation is 1. The molecule has 1 aromatic carbocycles. The van der Waals surface area contributed by atoms with Crippen LogP contribution in [0.25, 0.3) is 0 Å². The minimum Gasteiger partial charge on any atom is -0.392 e. The lowest BCUT2D eigenvalue weighted by molar-refractivity contribution is 0.0440. The highest BCUT2D eigenvalue weighted by Gasteiger charge is 2.17. The summed E-state index contributed by atoms with van der Waals surface area (Å²) in [6, 6.07) is 9.57. The number of aliphatic hydroxyl groups excluding tert-OH is 1. The summed E-state index contributed by atoms with van der Waals surface area (Å²) >= 11 is 0. The number of fused-ring (bicyclic) bond motifs is 1. The lowest BCUT2D eigenvalue weighted by Crippen LogP contribution is -2.32. The number of halogens is 1. The summed E-state index contributed by atoms with van der Waals surface area (Å²) in [6.07, 6.45) is 22.9. The molecule has 0 saturated heterocycles. The number of aliphatic imine (C=N–C) groups is 1. The van der Waals surface area contributed by atoms with E-state index < -0.39 is 14.4 Å². The second kappa shape index (κ2) is 30.5. The largest absolute Gasteiger partial charge is 0.392 e. The number of rotatable bonds is 26. The molecule has 0 spiro atoms. The van der Waals surface area contributed by atoms with E-state index in [-0.39, 0.29) is 18.3 Å². The molecule has 2 unspecified atom stereocenters. The van der Waals surface area contributed by atoms with E-state index in [0.717, 1.165) is 43.1 Å². The molecule has 51 heavy (non-hydrogen) atoms. The van der Waals surface area contributed by atoms with E-state index in [2.05, 4.69) is 23.9 Å². The molecule has 2 heterocycles. The number of aromatic nitrogens is 1. The minimum atomic E-state index is -1.86. The summed E-state index contributed by atoms with van der Waals surface area (Å²) in [5.74, 6) is 0.0575. The molecule has 0 saturated carbocycles. The maximum atomic E-state index is 12.5. The Hall–Kier alpha value is -3.09. The first-order valence-electron chi connectivity index (χ1n) is 18.5. The zero-order valence-corrected chi connectivity index (χ0v) is 31.8. The molecule has 2 atom stereocenters. The predicted molar refractivity (Wildman–Crippen MR) is 203 cm³/mol. The lowest BCUT2D eigenvalue weighted by atomic mass is 10.0. The van der Waals surface area contributed by atoms with Crippen molar-refractivity contribution in [1.29, 1.82) is 10.5 Å². The number of hydrogen-bond acceptors (Lipinski definition) is 10. The van der Waals surface area contributed by atoms with Gasteiger partial charge in [0.05, 0.1) is 37.6 Å². The smallest absolute Gasteiger partial charge is 0.329 e. The van der Waals surface area contributed by atoms with Gasteiger partial charge in [-0.2, -0.15) is 5.26 Å². The molecule has 0 amide bonds. The number of nitrogens with zero attached hydrogens (tertiary/aromatic N) is 4. The number of nitriles is 2. The maximum Gasteiger partial charge on any atom is 0.329 e. The van der Waals surface area contributed by atoms with Crippen molar-refractivity contribution in [3.8, 4) is 12.6 Å². The molecule has 11 nitrogen and oxygen atoms in total. The molecule has 0 radical (unpaired) electrons. The van der Waals surface area contributed by atoms with E-state index in [1.165, 1.54) is 102 Å². The van der Waals surface area contributed by atoms with Crippen molar-refractivity contribution in [2.75, 3.05) is 32.4 Å². The van der Waals surface area contributed by atoms with Crippen LogP contribution in [0.2, 0.25) is 0 Å². The van der Waals surface area contributed by atoms with Crippen LogP contribution in [0.15, 0.2) is 35.3 Å². The van der Waals surface area contributed by atoms with Gasteiger partial charge < -0.3 is 34.9 Å². The highest BCUT2D eigenvalue weighted by molar-refractivity contribution is 7.40. The molecule has 1 aromatic heterocycles. The number of ether oxygens (including phenoxy) is 1. The molecule has 1 aliphatic rings. The molecule has 1 aliphatic heterocycles. The normalized spacial score (nSPS) is 12.9. The van der Waals surface area contributed by atoms with E-state index in [1.54, 1.807) is 13.2 Å². The Morgan fingerprint density at radius 2 is 1.55 bits per heavy atom. The van der Waals surface area contributed by atoms with Gasteiger partial charge in [-0.3, -0.25) is 4.68 Å². The standard InChI is InChI=1S/C29H55N4O4P.C8H6FNO.CHN/c1-3-4-5-6-7-8-9-10-11-12-13-14-15-16-17-18-23-36-38(34)37-24-27(35-2)21-19-26-20-22-28-29(30)31-25-32-33(26)28;9-8-2-6(4-10)1-7(3-8)5-11;1-2/h20,22,27,32,34H,3-19,21,23-25H2,1-2H3,(H2,30,31);1-3,11H,5H2;1H. The van der Waals surface area contributed by atoms with Crippen molar-refractivity contribution in [2.45, 2.75) is 135 Å². The van der Waals surface area contributed by atoms with Gasteiger partial charge >= 0.3 is 8.60 Å². The van der Waals surface area contributed by atoms with Gasteiger partial charge in [0.2, 0.25) is 0 Å². The third-order valence-corrected chi connectivity index (χ3v) is 9.37. The van der Waals surface area contributed by atoms with Gasteiger partial charge in [0, 0.05) is 19.4 Å². The van der Waals surface area contributed by atoms with Crippen LogP contribution in [0, 0.1) is 29.0 Å². The Morgan fingerprint density at radius 1 is 0.961 bits per heavy atom. The Bertz CT molecular complexity index is 1270. The van der Waals surface area contributed by atoms with Gasteiger partial charge in [-0.15, -0.1) is 0 Å². The first kappa shape index (κ1) is 45.9. The molecule has 2 aromatic rings. The van der Waals surface area contributed by atoms with Gasteiger partial charge in [-0.1, -0.05) is 103 Å². The quantitative estimate of drug-likeness (QED) is 0.0547. The summed E-state index contributed by atoms with van der Waals surface area (Å²) in [7, 11) is -0.194.